The molecule has 0 spiro atoms. The predicted octanol–water partition coefficient (Wildman–Crippen LogP) is 2.47. The van der Waals surface area contributed by atoms with E-state index in [1.165, 1.54) is 0 Å². The second-order valence-corrected chi connectivity index (χ2v) is 3.84. The molecule has 0 aliphatic heterocycles. The minimum atomic E-state index is 0.125. The molecule has 1 atom stereocenters. The van der Waals surface area contributed by atoms with Crippen LogP contribution >= 0.6 is 0 Å². The SMILES string of the molecule is C=C(C)C(NC)c1cccc2nccnc12. The molecule has 2 aromatic rings. The van der Waals surface area contributed by atoms with Gasteiger partial charge in [-0.05, 0) is 20.0 Å². The lowest BCUT2D eigenvalue weighted by molar-refractivity contribution is 0.683. The highest BCUT2D eigenvalue weighted by molar-refractivity contribution is 5.78. The van der Waals surface area contributed by atoms with E-state index in [4.69, 9.17) is 0 Å². The second kappa shape index (κ2) is 4.41. The van der Waals surface area contributed by atoms with Gasteiger partial charge in [0.25, 0.3) is 0 Å². The van der Waals surface area contributed by atoms with Crippen LogP contribution in [0.4, 0.5) is 0 Å². The topological polar surface area (TPSA) is 37.8 Å². The van der Waals surface area contributed by atoms with Gasteiger partial charge in [-0.15, -0.1) is 0 Å². The van der Waals surface area contributed by atoms with E-state index in [9.17, 15) is 0 Å². The maximum absolute atomic E-state index is 4.39. The van der Waals surface area contributed by atoms with Crippen molar-refractivity contribution in [2.24, 2.45) is 0 Å². The van der Waals surface area contributed by atoms with Gasteiger partial charge in [-0.3, -0.25) is 9.97 Å². The molecule has 1 aromatic heterocycles. The first-order valence-electron chi connectivity index (χ1n) is 5.26. The summed E-state index contributed by atoms with van der Waals surface area (Å²) >= 11 is 0. The predicted molar refractivity (Wildman–Crippen MR) is 66.2 cm³/mol. The monoisotopic (exact) mass is 213 g/mol. The molecule has 1 unspecified atom stereocenters. The van der Waals surface area contributed by atoms with E-state index in [1.807, 2.05) is 26.1 Å². The van der Waals surface area contributed by atoms with Gasteiger partial charge in [-0.25, -0.2) is 0 Å². The Labute approximate surface area is 95.2 Å². The summed E-state index contributed by atoms with van der Waals surface area (Å²) in [5.74, 6) is 0. The number of hydrogen-bond acceptors (Lipinski definition) is 3. The number of likely N-dealkylation sites (N-methyl/N-ethyl adjacent to an activating group) is 1. The van der Waals surface area contributed by atoms with Crippen molar-refractivity contribution in [1.82, 2.24) is 15.3 Å². The average Bonchev–Trinajstić information content (AvgIpc) is 2.30. The standard InChI is InChI=1S/C13H15N3/c1-9(2)12(14-3)10-5-4-6-11-13(10)16-8-7-15-11/h4-8,12,14H,1H2,2-3H3. The number of nitrogens with zero attached hydrogens (tertiary/aromatic N) is 2. The lowest BCUT2D eigenvalue weighted by Gasteiger charge is -2.17. The Kier molecular flexibility index (Phi) is 2.97. The Balaban J connectivity index is 2.63. The molecule has 0 bridgehead atoms. The molecule has 3 heteroatoms. The number of aromatic nitrogens is 2. The first-order valence-corrected chi connectivity index (χ1v) is 5.26. The van der Waals surface area contributed by atoms with Gasteiger partial charge < -0.3 is 5.32 Å². The van der Waals surface area contributed by atoms with Gasteiger partial charge in [0, 0.05) is 18.0 Å². The summed E-state index contributed by atoms with van der Waals surface area (Å²) in [6, 6.07) is 6.16. The summed E-state index contributed by atoms with van der Waals surface area (Å²) in [4.78, 5) is 8.69. The quantitative estimate of drug-likeness (QED) is 0.796. The fourth-order valence-electron chi connectivity index (χ4n) is 1.92. The molecule has 3 nitrogen and oxygen atoms in total. The molecule has 16 heavy (non-hydrogen) atoms. The van der Waals surface area contributed by atoms with Crippen molar-refractivity contribution in [3.63, 3.8) is 0 Å². The number of nitrogens with one attached hydrogen (secondary N) is 1. The summed E-state index contributed by atoms with van der Waals surface area (Å²) in [5.41, 5.74) is 4.05. The highest BCUT2D eigenvalue weighted by Gasteiger charge is 2.13. The van der Waals surface area contributed by atoms with E-state index in [-0.39, 0.29) is 6.04 Å². The maximum Gasteiger partial charge on any atom is 0.0937 e. The highest BCUT2D eigenvalue weighted by atomic mass is 14.9. The van der Waals surface area contributed by atoms with Crippen LogP contribution in [0.2, 0.25) is 0 Å². The molecule has 0 saturated carbocycles. The van der Waals surface area contributed by atoms with Crippen molar-refractivity contribution in [3.05, 3.63) is 48.3 Å². The van der Waals surface area contributed by atoms with Crippen LogP contribution in [0, 0.1) is 0 Å². The van der Waals surface area contributed by atoms with Crippen LogP contribution in [0.3, 0.4) is 0 Å². The van der Waals surface area contributed by atoms with E-state index in [1.54, 1.807) is 12.4 Å². The summed E-state index contributed by atoms with van der Waals surface area (Å²) in [6.45, 7) is 6.01. The van der Waals surface area contributed by atoms with Crippen LogP contribution in [-0.2, 0) is 0 Å². The minimum absolute atomic E-state index is 0.125. The number of benzene rings is 1. The summed E-state index contributed by atoms with van der Waals surface area (Å²) < 4.78 is 0. The molecular weight excluding hydrogens is 198 g/mol. The Morgan fingerprint density at radius 2 is 2.06 bits per heavy atom. The van der Waals surface area contributed by atoms with Crippen molar-refractivity contribution in [2.45, 2.75) is 13.0 Å². The van der Waals surface area contributed by atoms with Crippen LogP contribution in [0.25, 0.3) is 11.0 Å². The third-order valence-corrected chi connectivity index (χ3v) is 2.62. The zero-order valence-corrected chi connectivity index (χ0v) is 9.57. The fraction of sp³-hybridized carbons (Fsp3) is 0.231. The van der Waals surface area contributed by atoms with Crippen molar-refractivity contribution in [3.8, 4) is 0 Å². The van der Waals surface area contributed by atoms with E-state index in [0.717, 1.165) is 22.2 Å². The third kappa shape index (κ3) is 1.82. The first kappa shape index (κ1) is 10.8. The normalized spacial score (nSPS) is 12.6. The number of rotatable bonds is 3. The lowest BCUT2D eigenvalue weighted by Crippen LogP contribution is -2.17. The summed E-state index contributed by atoms with van der Waals surface area (Å²) in [6.07, 6.45) is 3.43. The van der Waals surface area contributed by atoms with Gasteiger partial charge in [0.2, 0.25) is 0 Å². The van der Waals surface area contributed by atoms with Crippen LogP contribution in [0.1, 0.15) is 18.5 Å². The zero-order chi connectivity index (χ0) is 11.5. The number of fused-ring (bicyclic) bond motifs is 1. The van der Waals surface area contributed by atoms with Crippen molar-refractivity contribution in [2.75, 3.05) is 7.05 Å². The molecule has 0 saturated heterocycles. The maximum atomic E-state index is 4.39. The van der Waals surface area contributed by atoms with Gasteiger partial charge in [-0.2, -0.15) is 0 Å². The minimum Gasteiger partial charge on any atom is -0.310 e. The summed E-state index contributed by atoms with van der Waals surface area (Å²) in [7, 11) is 1.93. The van der Waals surface area contributed by atoms with E-state index < -0.39 is 0 Å². The molecule has 0 fully saturated rings. The Morgan fingerprint density at radius 1 is 1.31 bits per heavy atom. The number of para-hydroxylation sites is 1. The van der Waals surface area contributed by atoms with Crippen LogP contribution < -0.4 is 5.32 Å². The molecule has 1 N–H and O–H groups in total. The fourth-order valence-corrected chi connectivity index (χ4v) is 1.92. The molecule has 1 aromatic carbocycles. The van der Waals surface area contributed by atoms with Gasteiger partial charge in [0.15, 0.2) is 0 Å². The second-order valence-electron chi connectivity index (χ2n) is 3.84. The molecule has 0 amide bonds. The van der Waals surface area contributed by atoms with Crippen LogP contribution in [-0.4, -0.2) is 17.0 Å². The van der Waals surface area contributed by atoms with E-state index in [2.05, 4.69) is 27.9 Å². The highest BCUT2D eigenvalue weighted by Crippen LogP contribution is 2.25. The molecule has 0 radical (unpaired) electrons. The average molecular weight is 213 g/mol. The Bertz CT molecular complexity index is 514. The first-order chi connectivity index (χ1) is 7.74. The van der Waals surface area contributed by atoms with Crippen LogP contribution in [0.5, 0.6) is 0 Å². The summed E-state index contributed by atoms with van der Waals surface area (Å²) in [5, 5.41) is 3.24. The molecule has 1 heterocycles. The van der Waals surface area contributed by atoms with Gasteiger partial charge in [-0.1, -0.05) is 24.3 Å². The molecular formula is C13H15N3. The van der Waals surface area contributed by atoms with Crippen molar-refractivity contribution >= 4 is 11.0 Å². The molecule has 0 aliphatic rings. The third-order valence-electron chi connectivity index (χ3n) is 2.62. The van der Waals surface area contributed by atoms with Crippen molar-refractivity contribution in [1.29, 1.82) is 0 Å². The Morgan fingerprint density at radius 3 is 2.75 bits per heavy atom. The van der Waals surface area contributed by atoms with Crippen molar-refractivity contribution < 1.29 is 0 Å². The Hall–Kier alpha value is -1.74. The van der Waals surface area contributed by atoms with Gasteiger partial charge in [0.05, 0.1) is 17.1 Å². The van der Waals surface area contributed by atoms with E-state index >= 15 is 0 Å². The molecule has 0 aliphatic carbocycles. The lowest BCUT2D eigenvalue weighted by atomic mass is 9.99. The largest absolute Gasteiger partial charge is 0.310 e. The zero-order valence-electron chi connectivity index (χ0n) is 9.57. The molecule has 2 rings (SSSR count). The van der Waals surface area contributed by atoms with E-state index in [0.29, 0.717) is 0 Å². The van der Waals surface area contributed by atoms with Crippen LogP contribution in [0.15, 0.2) is 42.7 Å². The van der Waals surface area contributed by atoms with Gasteiger partial charge >= 0.3 is 0 Å². The van der Waals surface area contributed by atoms with Gasteiger partial charge in [0.1, 0.15) is 0 Å². The molecule has 82 valence electrons. The smallest absolute Gasteiger partial charge is 0.0937 e. The number of hydrogen-bond donors (Lipinski definition) is 1.